The topological polar surface area (TPSA) is 88.4 Å². The summed E-state index contributed by atoms with van der Waals surface area (Å²) in [7, 11) is -4.22. The van der Waals surface area contributed by atoms with E-state index in [0.717, 1.165) is 12.1 Å². The van der Waals surface area contributed by atoms with Crippen molar-refractivity contribution in [3.8, 4) is 0 Å². The molecule has 0 aliphatic heterocycles. The second-order valence-electron chi connectivity index (χ2n) is 5.57. The maximum atomic E-state index is 13.9. The first kappa shape index (κ1) is 18.9. The first-order chi connectivity index (χ1) is 12.8. The quantitative estimate of drug-likeness (QED) is 0.653. The van der Waals surface area contributed by atoms with Crippen LogP contribution in [0.25, 0.3) is 0 Å². The third kappa shape index (κ3) is 4.12. The standard InChI is InChI=1S/C18H14ClFN2O4S/c1-11-13(8-9-26-11)18(23)21-16-10-12(19)6-7-15(16)22-27(24,25)17-5-3-2-4-14(17)20/h2-10,22H,1H3,(H,21,23). The van der Waals surface area contributed by atoms with Crippen molar-refractivity contribution < 1.29 is 22.0 Å². The molecule has 0 atom stereocenters. The highest BCUT2D eigenvalue weighted by Gasteiger charge is 2.21. The average molecular weight is 409 g/mol. The van der Waals surface area contributed by atoms with E-state index in [4.69, 9.17) is 16.0 Å². The van der Waals surface area contributed by atoms with Crippen molar-refractivity contribution in [2.75, 3.05) is 10.0 Å². The van der Waals surface area contributed by atoms with Crippen LogP contribution < -0.4 is 10.0 Å². The van der Waals surface area contributed by atoms with Crippen molar-refractivity contribution in [2.45, 2.75) is 11.8 Å². The Morgan fingerprint density at radius 1 is 1.11 bits per heavy atom. The average Bonchev–Trinajstić information content (AvgIpc) is 3.03. The summed E-state index contributed by atoms with van der Waals surface area (Å²) in [5.74, 6) is -0.989. The highest BCUT2D eigenvalue weighted by Crippen LogP contribution is 2.29. The van der Waals surface area contributed by atoms with Crippen LogP contribution in [0, 0.1) is 12.7 Å². The van der Waals surface area contributed by atoms with Gasteiger partial charge in [0.1, 0.15) is 16.5 Å². The van der Waals surface area contributed by atoms with Crippen molar-refractivity contribution in [3.63, 3.8) is 0 Å². The predicted molar refractivity (Wildman–Crippen MR) is 100 cm³/mol. The minimum absolute atomic E-state index is 0.0390. The smallest absolute Gasteiger partial charge is 0.264 e. The molecule has 0 spiro atoms. The summed E-state index contributed by atoms with van der Waals surface area (Å²) in [6.45, 7) is 1.62. The van der Waals surface area contributed by atoms with E-state index in [0.29, 0.717) is 5.76 Å². The number of sulfonamides is 1. The molecular weight excluding hydrogens is 395 g/mol. The van der Waals surface area contributed by atoms with E-state index in [-0.39, 0.29) is 22.0 Å². The largest absolute Gasteiger partial charge is 0.469 e. The molecule has 1 amide bonds. The fraction of sp³-hybridized carbons (Fsp3) is 0.0556. The molecule has 0 aliphatic rings. The normalized spacial score (nSPS) is 11.2. The van der Waals surface area contributed by atoms with Crippen LogP contribution in [0.4, 0.5) is 15.8 Å². The summed E-state index contributed by atoms with van der Waals surface area (Å²) >= 11 is 5.96. The molecule has 2 N–H and O–H groups in total. The summed E-state index contributed by atoms with van der Waals surface area (Å²) in [6, 6.07) is 10.7. The van der Waals surface area contributed by atoms with Gasteiger partial charge in [0.2, 0.25) is 0 Å². The number of halogens is 2. The molecule has 27 heavy (non-hydrogen) atoms. The van der Waals surface area contributed by atoms with Crippen molar-refractivity contribution in [2.24, 2.45) is 0 Å². The SMILES string of the molecule is Cc1occc1C(=O)Nc1cc(Cl)ccc1NS(=O)(=O)c1ccccc1F. The molecule has 3 rings (SSSR count). The Balaban J connectivity index is 1.94. The zero-order valence-corrected chi connectivity index (χ0v) is 15.6. The van der Waals surface area contributed by atoms with Crippen LogP contribution in [0.1, 0.15) is 16.1 Å². The minimum Gasteiger partial charge on any atom is -0.469 e. The van der Waals surface area contributed by atoms with Gasteiger partial charge in [-0.25, -0.2) is 12.8 Å². The van der Waals surface area contributed by atoms with Gasteiger partial charge in [-0.1, -0.05) is 23.7 Å². The van der Waals surface area contributed by atoms with E-state index < -0.39 is 26.6 Å². The number of nitrogens with one attached hydrogen (secondary N) is 2. The summed E-state index contributed by atoms with van der Waals surface area (Å²) in [5, 5.41) is 2.86. The summed E-state index contributed by atoms with van der Waals surface area (Å²) in [6.07, 6.45) is 1.37. The predicted octanol–water partition coefficient (Wildman–Crippen LogP) is 4.43. The van der Waals surface area contributed by atoms with Gasteiger partial charge in [0.15, 0.2) is 0 Å². The molecule has 3 aromatic rings. The molecule has 0 fully saturated rings. The number of carbonyl (C=O) groups is 1. The molecule has 9 heteroatoms. The van der Waals surface area contributed by atoms with Gasteiger partial charge >= 0.3 is 0 Å². The van der Waals surface area contributed by atoms with E-state index in [9.17, 15) is 17.6 Å². The Morgan fingerprint density at radius 2 is 1.85 bits per heavy atom. The van der Waals surface area contributed by atoms with Gasteiger partial charge in [0, 0.05) is 5.02 Å². The summed E-state index contributed by atoms with van der Waals surface area (Å²) in [4.78, 5) is 11.9. The molecule has 0 saturated heterocycles. The summed E-state index contributed by atoms with van der Waals surface area (Å²) in [5.41, 5.74) is 0.447. The Hall–Kier alpha value is -2.84. The van der Waals surface area contributed by atoms with Crippen LogP contribution in [-0.4, -0.2) is 14.3 Å². The first-order valence-electron chi connectivity index (χ1n) is 7.70. The summed E-state index contributed by atoms with van der Waals surface area (Å²) < 4.78 is 46.3. The van der Waals surface area contributed by atoms with E-state index >= 15 is 0 Å². The number of amides is 1. The maximum Gasteiger partial charge on any atom is 0.264 e. The van der Waals surface area contributed by atoms with Crippen LogP contribution in [0.15, 0.2) is 64.1 Å². The van der Waals surface area contributed by atoms with E-state index in [2.05, 4.69) is 10.0 Å². The molecule has 0 unspecified atom stereocenters. The zero-order valence-electron chi connectivity index (χ0n) is 14.0. The molecule has 0 saturated carbocycles. The van der Waals surface area contributed by atoms with Gasteiger partial charge in [0.25, 0.3) is 15.9 Å². The molecule has 1 heterocycles. The van der Waals surface area contributed by atoms with Gasteiger partial charge in [-0.2, -0.15) is 0 Å². The number of rotatable bonds is 5. The van der Waals surface area contributed by atoms with Crippen LogP contribution >= 0.6 is 11.6 Å². The van der Waals surface area contributed by atoms with E-state index in [1.54, 1.807) is 6.92 Å². The van der Waals surface area contributed by atoms with Crippen molar-refractivity contribution >= 4 is 38.9 Å². The highest BCUT2D eigenvalue weighted by atomic mass is 35.5. The number of hydrogen-bond acceptors (Lipinski definition) is 4. The number of furan rings is 1. The number of benzene rings is 2. The third-order valence-electron chi connectivity index (χ3n) is 3.70. The van der Waals surface area contributed by atoms with Crippen molar-refractivity contribution in [1.29, 1.82) is 0 Å². The molecule has 2 aromatic carbocycles. The van der Waals surface area contributed by atoms with Gasteiger partial charge in [0.05, 0.1) is 23.2 Å². The lowest BCUT2D eigenvalue weighted by molar-refractivity contribution is 0.102. The number of aryl methyl sites for hydroxylation is 1. The lowest BCUT2D eigenvalue weighted by Crippen LogP contribution is -2.18. The maximum absolute atomic E-state index is 13.9. The monoisotopic (exact) mass is 408 g/mol. The fourth-order valence-corrected chi connectivity index (χ4v) is 3.71. The van der Waals surface area contributed by atoms with E-state index in [1.165, 1.54) is 42.7 Å². The van der Waals surface area contributed by atoms with Crippen LogP contribution in [0.2, 0.25) is 5.02 Å². The molecule has 0 radical (unpaired) electrons. The molecule has 0 bridgehead atoms. The fourth-order valence-electron chi connectivity index (χ4n) is 2.38. The number of hydrogen-bond donors (Lipinski definition) is 2. The first-order valence-corrected chi connectivity index (χ1v) is 9.56. The van der Waals surface area contributed by atoms with Crippen molar-refractivity contribution in [3.05, 3.63) is 77.0 Å². The second-order valence-corrected chi connectivity index (χ2v) is 7.66. The number of carbonyl (C=O) groups excluding carboxylic acids is 1. The molecule has 1 aromatic heterocycles. The second kappa shape index (κ2) is 7.42. The zero-order chi connectivity index (χ0) is 19.6. The Bertz CT molecular complexity index is 1110. The number of anilines is 2. The lowest BCUT2D eigenvalue weighted by atomic mass is 10.2. The third-order valence-corrected chi connectivity index (χ3v) is 5.34. The van der Waals surface area contributed by atoms with Gasteiger partial charge in [-0.3, -0.25) is 9.52 Å². The molecular formula is C18H14ClFN2O4S. The highest BCUT2D eigenvalue weighted by molar-refractivity contribution is 7.92. The van der Waals surface area contributed by atoms with Gasteiger partial charge < -0.3 is 9.73 Å². The Labute approximate surface area is 160 Å². The Morgan fingerprint density at radius 3 is 2.52 bits per heavy atom. The van der Waals surface area contributed by atoms with Gasteiger partial charge in [-0.05, 0) is 43.3 Å². The molecule has 0 aliphatic carbocycles. The van der Waals surface area contributed by atoms with Crippen LogP contribution in [-0.2, 0) is 10.0 Å². The minimum atomic E-state index is -4.22. The lowest BCUT2D eigenvalue weighted by Gasteiger charge is -2.14. The van der Waals surface area contributed by atoms with E-state index in [1.807, 2.05) is 0 Å². The van der Waals surface area contributed by atoms with Crippen LogP contribution in [0.3, 0.4) is 0 Å². The van der Waals surface area contributed by atoms with Gasteiger partial charge in [-0.15, -0.1) is 0 Å². The van der Waals surface area contributed by atoms with Crippen molar-refractivity contribution in [1.82, 2.24) is 0 Å². The molecule has 140 valence electrons. The molecule has 6 nitrogen and oxygen atoms in total. The Kier molecular flexibility index (Phi) is 5.20. The van der Waals surface area contributed by atoms with Crippen LogP contribution in [0.5, 0.6) is 0 Å².